The lowest BCUT2D eigenvalue weighted by molar-refractivity contribution is -0.137. The Kier molecular flexibility index (Phi) is 5.82. The van der Waals surface area contributed by atoms with Gasteiger partial charge in [0.15, 0.2) is 0 Å². The van der Waals surface area contributed by atoms with Crippen molar-refractivity contribution in [1.82, 2.24) is 4.90 Å². The van der Waals surface area contributed by atoms with Gasteiger partial charge < -0.3 is 10.2 Å². The summed E-state index contributed by atoms with van der Waals surface area (Å²) in [6, 6.07) is 10.9. The van der Waals surface area contributed by atoms with Crippen LogP contribution in [0.5, 0.6) is 0 Å². The molecule has 0 aliphatic heterocycles. The van der Waals surface area contributed by atoms with Crippen molar-refractivity contribution in [1.29, 1.82) is 0 Å². The second-order valence-electron chi connectivity index (χ2n) is 5.72. The second-order valence-corrected chi connectivity index (χ2v) is 5.72. The first-order chi connectivity index (χ1) is 12.2. The zero-order valence-corrected chi connectivity index (χ0v) is 14.2. The minimum atomic E-state index is -4.39. The first kappa shape index (κ1) is 19.2. The van der Waals surface area contributed by atoms with Crippen LogP contribution < -0.4 is 5.32 Å². The van der Waals surface area contributed by atoms with E-state index < -0.39 is 17.6 Å². The van der Waals surface area contributed by atoms with Gasteiger partial charge >= 0.3 is 6.18 Å². The van der Waals surface area contributed by atoms with Crippen LogP contribution in [0.15, 0.2) is 54.6 Å². The Hall–Kier alpha value is -3.09. The molecule has 0 unspecified atom stereocenters. The van der Waals surface area contributed by atoms with Gasteiger partial charge in [0.1, 0.15) is 0 Å². The maximum absolute atomic E-state index is 12.5. The molecule has 26 heavy (non-hydrogen) atoms. The van der Waals surface area contributed by atoms with Crippen LogP contribution in [0.2, 0.25) is 0 Å². The molecule has 2 rings (SSSR count). The molecule has 2 aromatic rings. The summed E-state index contributed by atoms with van der Waals surface area (Å²) in [4.78, 5) is 25.3. The highest BCUT2D eigenvalue weighted by Crippen LogP contribution is 2.29. The summed E-state index contributed by atoms with van der Waals surface area (Å²) in [6.07, 6.45) is -1.78. The fourth-order valence-electron chi connectivity index (χ4n) is 2.13. The smallest absolute Gasteiger partial charge is 0.345 e. The third kappa shape index (κ3) is 5.20. The molecular formula is C19H17F3N2O2. The van der Waals surface area contributed by atoms with Crippen molar-refractivity contribution in [3.05, 3.63) is 71.3 Å². The highest BCUT2D eigenvalue weighted by molar-refractivity contribution is 6.03. The number of benzene rings is 2. The Morgan fingerprint density at radius 1 is 1.04 bits per heavy atom. The number of hydrogen-bond donors (Lipinski definition) is 1. The number of alkyl halides is 3. The van der Waals surface area contributed by atoms with Gasteiger partial charge in [-0.25, -0.2) is 0 Å². The average Bonchev–Trinajstić information content (AvgIpc) is 2.59. The van der Waals surface area contributed by atoms with E-state index in [1.165, 1.54) is 29.2 Å². The molecule has 0 spiro atoms. The Labute approximate surface area is 148 Å². The Morgan fingerprint density at radius 3 is 2.27 bits per heavy atom. The SMILES string of the molecule is CN(C)C(=O)c1cccc(NC(=O)/C=C/c2ccc(C(F)(F)F)cc2)c1. The summed E-state index contributed by atoms with van der Waals surface area (Å²) >= 11 is 0. The van der Waals surface area contributed by atoms with Gasteiger partial charge in [-0.1, -0.05) is 18.2 Å². The minimum Gasteiger partial charge on any atom is -0.345 e. The average molecular weight is 362 g/mol. The van der Waals surface area contributed by atoms with Gasteiger partial charge in [0.25, 0.3) is 5.91 Å². The number of anilines is 1. The fraction of sp³-hybridized carbons (Fsp3) is 0.158. The monoisotopic (exact) mass is 362 g/mol. The van der Waals surface area contributed by atoms with Crippen LogP contribution in [0.25, 0.3) is 6.08 Å². The van der Waals surface area contributed by atoms with Gasteiger partial charge in [0.05, 0.1) is 5.56 Å². The molecule has 0 saturated heterocycles. The topological polar surface area (TPSA) is 49.4 Å². The molecule has 0 radical (unpaired) electrons. The molecule has 0 aliphatic carbocycles. The van der Waals surface area contributed by atoms with Crippen molar-refractivity contribution in [3.63, 3.8) is 0 Å². The van der Waals surface area contributed by atoms with Crippen molar-refractivity contribution in [2.45, 2.75) is 6.18 Å². The number of amides is 2. The number of nitrogens with zero attached hydrogens (tertiary/aromatic N) is 1. The number of nitrogens with one attached hydrogen (secondary N) is 1. The summed E-state index contributed by atoms with van der Waals surface area (Å²) in [6.45, 7) is 0. The maximum atomic E-state index is 12.5. The summed E-state index contributed by atoms with van der Waals surface area (Å²) in [5, 5.41) is 2.61. The Balaban J connectivity index is 2.03. The van der Waals surface area contributed by atoms with Gasteiger partial charge in [-0.2, -0.15) is 13.2 Å². The Morgan fingerprint density at radius 2 is 1.69 bits per heavy atom. The van der Waals surface area contributed by atoms with Crippen LogP contribution in [-0.4, -0.2) is 30.8 Å². The normalized spacial score (nSPS) is 11.4. The van der Waals surface area contributed by atoms with Crippen molar-refractivity contribution in [2.75, 3.05) is 19.4 Å². The van der Waals surface area contributed by atoms with E-state index in [0.29, 0.717) is 16.8 Å². The number of carbonyl (C=O) groups is 2. The molecule has 0 aromatic heterocycles. The molecular weight excluding hydrogens is 345 g/mol. The quantitative estimate of drug-likeness (QED) is 0.834. The molecule has 0 bridgehead atoms. The summed E-state index contributed by atoms with van der Waals surface area (Å²) in [5.74, 6) is -0.652. The predicted molar refractivity (Wildman–Crippen MR) is 93.6 cm³/mol. The van der Waals surface area contributed by atoms with Crippen LogP contribution in [0.1, 0.15) is 21.5 Å². The molecule has 2 amide bonds. The van der Waals surface area contributed by atoms with E-state index in [4.69, 9.17) is 0 Å². The van der Waals surface area contributed by atoms with Crippen molar-refractivity contribution in [3.8, 4) is 0 Å². The van der Waals surface area contributed by atoms with Crippen molar-refractivity contribution >= 4 is 23.6 Å². The first-order valence-corrected chi connectivity index (χ1v) is 7.65. The molecule has 2 aromatic carbocycles. The van der Waals surface area contributed by atoms with E-state index in [1.54, 1.807) is 38.4 Å². The van der Waals surface area contributed by atoms with E-state index in [0.717, 1.165) is 12.1 Å². The molecule has 0 heterocycles. The largest absolute Gasteiger partial charge is 0.416 e. The molecule has 0 atom stereocenters. The predicted octanol–water partition coefficient (Wildman–Crippen LogP) is 4.06. The van der Waals surface area contributed by atoms with E-state index in [-0.39, 0.29) is 5.91 Å². The minimum absolute atomic E-state index is 0.193. The number of hydrogen-bond acceptors (Lipinski definition) is 2. The van der Waals surface area contributed by atoms with E-state index in [1.807, 2.05) is 0 Å². The van der Waals surface area contributed by atoms with E-state index >= 15 is 0 Å². The first-order valence-electron chi connectivity index (χ1n) is 7.65. The maximum Gasteiger partial charge on any atom is 0.416 e. The molecule has 7 heteroatoms. The number of carbonyl (C=O) groups excluding carboxylic acids is 2. The summed E-state index contributed by atoms with van der Waals surface area (Å²) in [5.41, 5.74) is 0.588. The van der Waals surface area contributed by atoms with E-state index in [2.05, 4.69) is 5.32 Å². The van der Waals surface area contributed by atoms with Crippen LogP contribution in [0, 0.1) is 0 Å². The van der Waals surface area contributed by atoms with Crippen LogP contribution in [-0.2, 0) is 11.0 Å². The van der Waals surface area contributed by atoms with Gasteiger partial charge in [0.2, 0.25) is 5.91 Å². The molecule has 0 fully saturated rings. The molecule has 0 aliphatic rings. The molecule has 136 valence electrons. The highest BCUT2D eigenvalue weighted by Gasteiger charge is 2.29. The van der Waals surface area contributed by atoms with Crippen molar-refractivity contribution < 1.29 is 22.8 Å². The third-order valence-corrected chi connectivity index (χ3v) is 3.45. The van der Waals surface area contributed by atoms with Crippen LogP contribution in [0.3, 0.4) is 0 Å². The van der Waals surface area contributed by atoms with Gasteiger partial charge in [-0.3, -0.25) is 9.59 Å². The molecule has 4 nitrogen and oxygen atoms in total. The summed E-state index contributed by atoms with van der Waals surface area (Å²) < 4.78 is 37.5. The fourth-order valence-corrected chi connectivity index (χ4v) is 2.13. The lowest BCUT2D eigenvalue weighted by Gasteiger charge is -2.11. The van der Waals surface area contributed by atoms with Gasteiger partial charge in [-0.15, -0.1) is 0 Å². The van der Waals surface area contributed by atoms with E-state index in [9.17, 15) is 22.8 Å². The second kappa shape index (κ2) is 7.86. The van der Waals surface area contributed by atoms with Crippen LogP contribution in [0.4, 0.5) is 18.9 Å². The standard InChI is InChI=1S/C19H17F3N2O2/c1-24(2)18(26)14-4-3-5-16(12-14)23-17(25)11-8-13-6-9-15(10-7-13)19(20,21)22/h3-12H,1-2H3,(H,23,25)/b11-8+. The number of halogens is 3. The molecule has 0 saturated carbocycles. The zero-order valence-electron chi connectivity index (χ0n) is 14.2. The van der Waals surface area contributed by atoms with Crippen molar-refractivity contribution in [2.24, 2.45) is 0 Å². The van der Waals surface area contributed by atoms with Gasteiger partial charge in [-0.05, 0) is 42.0 Å². The molecule has 1 N–H and O–H groups in total. The number of rotatable bonds is 4. The highest BCUT2D eigenvalue weighted by atomic mass is 19.4. The van der Waals surface area contributed by atoms with Crippen LogP contribution >= 0.6 is 0 Å². The zero-order chi connectivity index (χ0) is 19.3. The van der Waals surface area contributed by atoms with Gasteiger partial charge in [0, 0.05) is 31.4 Å². The summed E-state index contributed by atoms with van der Waals surface area (Å²) in [7, 11) is 3.25. The lowest BCUT2D eigenvalue weighted by atomic mass is 10.1. The Bertz CT molecular complexity index is 825. The third-order valence-electron chi connectivity index (χ3n) is 3.45. The lowest BCUT2D eigenvalue weighted by Crippen LogP contribution is -2.21.